The first-order valence-corrected chi connectivity index (χ1v) is 7.25. The molecule has 0 fully saturated rings. The molecular formula is C14H23NO2S. The van der Waals surface area contributed by atoms with E-state index >= 15 is 0 Å². The van der Waals surface area contributed by atoms with Gasteiger partial charge in [-0.3, -0.25) is 0 Å². The van der Waals surface area contributed by atoms with Gasteiger partial charge >= 0.3 is 0 Å². The van der Waals surface area contributed by atoms with Crippen molar-refractivity contribution < 1.29 is 9.84 Å². The second-order valence-electron chi connectivity index (χ2n) is 4.61. The van der Waals surface area contributed by atoms with Gasteiger partial charge in [-0.25, -0.2) is 0 Å². The molecule has 1 atom stereocenters. The number of benzene rings is 1. The molecule has 0 aliphatic rings. The van der Waals surface area contributed by atoms with Crippen LogP contribution in [0, 0.1) is 0 Å². The smallest absolute Gasteiger partial charge is 0.119 e. The summed E-state index contributed by atoms with van der Waals surface area (Å²) in [6.45, 7) is 5.25. The summed E-state index contributed by atoms with van der Waals surface area (Å²) in [4.78, 5) is 1.16. The topological polar surface area (TPSA) is 41.5 Å². The number of hydrogen-bond acceptors (Lipinski definition) is 4. The molecule has 1 rings (SSSR count). The fourth-order valence-electron chi connectivity index (χ4n) is 1.51. The minimum atomic E-state index is -0.232. The van der Waals surface area contributed by atoms with E-state index in [0.717, 1.165) is 29.4 Å². The first-order chi connectivity index (χ1) is 8.63. The van der Waals surface area contributed by atoms with Gasteiger partial charge < -0.3 is 15.2 Å². The van der Waals surface area contributed by atoms with Gasteiger partial charge in [-0.2, -0.15) is 0 Å². The van der Waals surface area contributed by atoms with Crippen LogP contribution in [-0.2, 0) is 0 Å². The van der Waals surface area contributed by atoms with Crippen LogP contribution in [0.4, 0.5) is 0 Å². The van der Waals surface area contributed by atoms with Crippen molar-refractivity contribution in [2.45, 2.75) is 30.7 Å². The van der Waals surface area contributed by atoms with Crippen molar-refractivity contribution in [3.05, 3.63) is 24.3 Å². The van der Waals surface area contributed by atoms with Gasteiger partial charge in [0, 0.05) is 16.2 Å². The first-order valence-electron chi connectivity index (χ1n) is 6.26. The summed E-state index contributed by atoms with van der Waals surface area (Å²) in [6, 6.07) is 7.99. The maximum Gasteiger partial charge on any atom is 0.119 e. The lowest BCUT2D eigenvalue weighted by atomic mass is 10.1. The van der Waals surface area contributed by atoms with E-state index in [1.54, 1.807) is 18.9 Å². The zero-order valence-corrected chi connectivity index (χ0v) is 12.2. The van der Waals surface area contributed by atoms with Crippen LogP contribution in [0.2, 0.25) is 0 Å². The molecule has 1 aromatic carbocycles. The fraction of sp³-hybridized carbons (Fsp3) is 0.571. The van der Waals surface area contributed by atoms with Crippen LogP contribution in [0.5, 0.6) is 5.75 Å². The third-order valence-electron chi connectivity index (χ3n) is 2.75. The molecule has 0 bridgehead atoms. The molecule has 0 aliphatic carbocycles. The maximum absolute atomic E-state index is 9.49. The molecule has 0 heterocycles. The van der Waals surface area contributed by atoms with Gasteiger partial charge in [0.25, 0.3) is 0 Å². The van der Waals surface area contributed by atoms with Crippen LogP contribution >= 0.6 is 11.8 Å². The zero-order valence-electron chi connectivity index (χ0n) is 11.4. The highest BCUT2D eigenvalue weighted by Crippen LogP contribution is 2.25. The van der Waals surface area contributed by atoms with Crippen molar-refractivity contribution in [2.75, 3.05) is 26.0 Å². The number of thioether (sulfide) groups is 1. The Kier molecular flexibility index (Phi) is 6.54. The molecule has 1 aromatic rings. The SMILES string of the molecule is CCCNC(C)(CO)CSc1cccc(OC)c1. The van der Waals surface area contributed by atoms with Crippen molar-refractivity contribution >= 4 is 11.8 Å². The predicted molar refractivity (Wildman–Crippen MR) is 77.5 cm³/mol. The largest absolute Gasteiger partial charge is 0.497 e. The van der Waals surface area contributed by atoms with Gasteiger partial charge in [0.1, 0.15) is 5.75 Å². The molecule has 0 amide bonds. The summed E-state index contributed by atoms with van der Waals surface area (Å²) in [5.74, 6) is 1.70. The van der Waals surface area contributed by atoms with Crippen LogP contribution in [0.25, 0.3) is 0 Å². The highest BCUT2D eigenvalue weighted by molar-refractivity contribution is 7.99. The molecule has 0 spiro atoms. The van der Waals surface area contributed by atoms with Gasteiger partial charge in [-0.05, 0) is 38.1 Å². The Hall–Kier alpha value is -0.710. The number of methoxy groups -OCH3 is 1. The van der Waals surface area contributed by atoms with Crippen LogP contribution in [0.1, 0.15) is 20.3 Å². The highest BCUT2D eigenvalue weighted by Gasteiger charge is 2.22. The van der Waals surface area contributed by atoms with Gasteiger partial charge in [0.05, 0.1) is 13.7 Å². The normalized spacial score (nSPS) is 14.2. The van der Waals surface area contributed by atoms with Crippen LogP contribution < -0.4 is 10.1 Å². The summed E-state index contributed by atoms with van der Waals surface area (Å²) in [5, 5.41) is 12.9. The second kappa shape index (κ2) is 7.67. The van der Waals surface area contributed by atoms with Crippen molar-refractivity contribution in [1.82, 2.24) is 5.32 Å². The molecule has 1 unspecified atom stereocenters. The highest BCUT2D eigenvalue weighted by atomic mass is 32.2. The summed E-state index contributed by atoms with van der Waals surface area (Å²) < 4.78 is 5.20. The summed E-state index contributed by atoms with van der Waals surface area (Å²) in [6.07, 6.45) is 1.07. The van der Waals surface area contributed by atoms with Crippen LogP contribution in [0.3, 0.4) is 0 Å². The number of aliphatic hydroxyl groups excluding tert-OH is 1. The van der Waals surface area contributed by atoms with E-state index in [0.29, 0.717) is 0 Å². The number of ether oxygens (including phenoxy) is 1. The van der Waals surface area contributed by atoms with Crippen LogP contribution in [0.15, 0.2) is 29.2 Å². The van der Waals surface area contributed by atoms with E-state index in [1.807, 2.05) is 18.2 Å². The van der Waals surface area contributed by atoms with Crippen molar-refractivity contribution in [2.24, 2.45) is 0 Å². The Bertz CT molecular complexity index is 359. The lowest BCUT2D eigenvalue weighted by molar-refractivity contribution is 0.192. The third-order valence-corrected chi connectivity index (χ3v) is 4.12. The van der Waals surface area contributed by atoms with E-state index in [-0.39, 0.29) is 12.1 Å². The monoisotopic (exact) mass is 269 g/mol. The fourth-order valence-corrected chi connectivity index (χ4v) is 2.57. The summed E-state index contributed by atoms with van der Waals surface area (Å²) in [5.41, 5.74) is -0.232. The number of aliphatic hydroxyl groups is 1. The molecule has 4 heteroatoms. The average Bonchev–Trinajstić information content (AvgIpc) is 2.43. The van der Waals surface area contributed by atoms with E-state index in [1.165, 1.54) is 0 Å². The molecule has 18 heavy (non-hydrogen) atoms. The van der Waals surface area contributed by atoms with Gasteiger partial charge in [0.15, 0.2) is 0 Å². The Morgan fingerprint density at radius 3 is 2.83 bits per heavy atom. The minimum absolute atomic E-state index is 0.143. The third kappa shape index (κ3) is 4.88. The molecule has 102 valence electrons. The molecular weight excluding hydrogens is 246 g/mol. The Labute approximate surface area is 114 Å². The van der Waals surface area contributed by atoms with Crippen LogP contribution in [-0.4, -0.2) is 36.7 Å². The van der Waals surface area contributed by atoms with E-state index in [2.05, 4.69) is 25.2 Å². The first kappa shape index (κ1) is 15.3. The van der Waals surface area contributed by atoms with Crippen molar-refractivity contribution in [3.8, 4) is 5.75 Å². The molecule has 0 aliphatic heterocycles. The van der Waals surface area contributed by atoms with Gasteiger partial charge in [0.2, 0.25) is 0 Å². The van der Waals surface area contributed by atoms with E-state index in [9.17, 15) is 5.11 Å². The Morgan fingerprint density at radius 1 is 1.44 bits per heavy atom. The summed E-state index contributed by atoms with van der Waals surface area (Å²) >= 11 is 1.73. The summed E-state index contributed by atoms with van der Waals surface area (Å²) in [7, 11) is 1.67. The van der Waals surface area contributed by atoms with Gasteiger partial charge in [-0.1, -0.05) is 13.0 Å². The molecule has 0 saturated carbocycles. The van der Waals surface area contributed by atoms with Crippen molar-refractivity contribution in [3.63, 3.8) is 0 Å². The van der Waals surface area contributed by atoms with E-state index < -0.39 is 0 Å². The molecule has 0 aromatic heterocycles. The maximum atomic E-state index is 9.49. The minimum Gasteiger partial charge on any atom is -0.497 e. The average molecular weight is 269 g/mol. The standard InChI is InChI=1S/C14H23NO2S/c1-4-8-15-14(2,10-16)11-18-13-7-5-6-12(9-13)17-3/h5-7,9,15-16H,4,8,10-11H2,1-3H3. The zero-order chi connectivity index (χ0) is 13.4. The number of hydrogen-bond donors (Lipinski definition) is 2. The lowest BCUT2D eigenvalue weighted by Crippen LogP contribution is -2.48. The predicted octanol–water partition coefficient (Wildman–Crippen LogP) is 2.54. The van der Waals surface area contributed by atoms with E-state index in [4.69, 9.17) is 4.74 Å². The van der Waals surface area contributed by atoms with Crippen molar-refractivity contribution in [1.29, 1.82) is 0 Å². The molecule has 3 nitrogen and oxygen atoms in total. The molecule has 0 radical (unpaired) electrons. The second-order valence-corrected chi connectivity index (χ2v) is 5.66. The van der Waals surface area contributed by atoms with Gasteiger partial charge in [-0.15, -0.1) is 11.8 Å². The number of rotatable bonds is 8. The quantitative estimate of drug-likeness (QED) is 0.712. The molecule has 2 N–H and O–H groups in total. The lowest BCUT2D eigenvalue weighted by Gasteiger charge is -2.28. The Morgan fingerprint density at radius 2 is 2.22 bits per heavy atom. The molecule has 0 saturated heterocycles. The Balaban J connectivity index is 2.55. The number of nitrogens with one attached hydrogen (secondary N) is 1.